The first-order valence-electron chi connectivity index (χ1n) is 13.5. The summed E-state index contributed by atoms with van der Waals surface area (Å²) >= 11 is 0. The van der Waals surface area contributed by atoms with Crippen LogP contribution in [-0.2, 0) is 17.6 Å². The topological polar surface area (TPSA) is 92.6 Å². The Labute approximate surface area is 227 Å². The molecule has 9 nitrogen and oxygen atoms in total. The minimum absolute atomic E-state index is 0.0337. The van der Waals surface area contributed by atoms with Gasteiger partial charge in [-0.15, -0.1) is 0 Å². The van der Waals surface area contributed by atoms with Gasteiger partial charge in [0.15, 0.2) is 5.65 Å². The fourth-order valence-corrected chi connectivity index (χ4v) is 5.38. The quantitative estimate of drug-likeness (QED) is 0.379. The molecule has 0 amide bonds. The number of ether oxygens (including phenoxy) is 1. The Bertz CT molecular complexity index is 1590. The van der Waals surface area contributed by atoms with E-state index in [0.29, 0.717) is 11.6 Å². The predicted octanol–water partition coefficient (Wildman–Crippen LogP) is 3.94. The number of benzene rings is 2. The molecule has 39 heavy (non-hydrogen) atoms. The molecule has 6 rings (SSSR count). The number of carbonyl (C=O) groups excluding carboxylic acids is 1. The number of likely N-dealkylation sites (N-methyl/N-ethyl adjacent to an activating group) is 1. The van der Waals surface area contributed by atoms with Gasteiger partial charge >= 0.3 is 5.97 Å². The highest BCUT2D eigenvalue weighted by molar-refractivity contribution is 5.93. The number of pyridine rings is 1. The molecule has 0 atom stereocenters. The largest absolute Gasteiger partial charge is 0.462 e. The third-order valence-electron chi connectivity index (χ3n) is 7.59. The molecule has 0 unspecified atom stereocenters. The summed E-state index contributed by atoms with van der Waals surface area (Å²) in [5.74, 6) is -0.282. The first-order valence-corrected chi connectivity index (χ1v) is 13.5. The second-order valence-corrected chi connectivity index (χ2v) is 10.2. The Morgan fingerprint density at radius 1 is 1.00 bits per heavy atom. The fraction of sp³-hybridized carbons (Fsp3) is 0.333. The summed E-state index contributed by atoms with van der Waals surface area (Å²) in [6, 6.07) is 14.5. The minimum Gasteiger partial charge on any atom is -0.462 e. The van der Waals surface area contributed by atoms with Crippen molar-refractivity contribution in [3.05, 3.63) is 81.8 Å². The summed E-state index contributed by atoms with van der Waals surface area (Å²) in [4.78, 5) is 39.8. The monoisotopic (exact) mass is 524 g/mol. The Balaban J connectivity index is 1.36. The number of nitrogens with one attached hydrogen (secondary N) is 1. The van der Waals surface area contributed by atoms with Crippen LogP contribution >= 0.6 is 0 Å². The van der Waals surface area contributed by atoms with E-state index in [9.17, 15) is 9.59 Å². The number of hydrogen-bond acceptors (Lipinski definition) is 8. The van der Waals surface area contributed by atoms with Crippen molar-refractivity contribution in [1.29, 1.82) is 0 Å². The van der Waals surface area contributed by atoms with Gasteiger partial charge in [-0.05, 0) is 80.8 Å². The Morgan fingerprint density at radius 3 is 2.51 bits per heavy atom. The number of aromatic nitrogens is 3. The van der Waals surface area contributed by atoms with Crippen LogP contribution in [0.2, 0.25) is 0 Å². The van der Waals surface area contributed by atoms with Gasteiger partial charge in [-0.2, -0.15) is 4.98 Å². The molecule has 0 bridgehead atoms. The maximum absolute atomic E-state index is 13.3. The summed E-state index contributed by atoms with van der Waals surface area (Å²) in [5.41, 5.74) is 5.45. The van der Waals surface area contributed by atoms with E-state index < -0.39 is 11.4 Å². The Morgan fingerprint density at radius 2 is 1.74 bits per heavy atom. The van der Waals surface area contributed by atoms with E-state index >= 15 is 0 Å². The molecule has 1 fully saturated rings. The molecule has 1 saturated heterocycles. The average molecular weight is 525 g/mol. The molecule has 1 aliphatic heterocycles. The Kier molecular flexibility index (Phi) is 6.74. The van der Waals surface area contributed by atoms with Crippen molar-refractivity contribution in [2.24, 2.45) is 0 Å². The average Bonchev–Trinajstić information content (AvgIpc) is 3.42. The second-order valence-electron chi connectivity index (χ2n) is 10.2. The van der Waals surface area contributed by atoms with E-state index in [1.54, 1.807) is 17.7 Å². The number of hydrogen-bond donors (Lipinski definition) is 1. The lowest BCUT2D eigenvalue weighted by Crippen LogP contribution is -2.44. The van der Waals surface area contributed by atoms with Crippen LogP contribution in [0.3, 0.4) is 0 Å². The van der Waals surface area contributed by atoms with Gasteiger partial charge in [0, 0.05) is 55.6 Å². The molecule has 4 aromatic rings. The maximum Gasteiger partial charge on any atom is 0.343 e. The molecule has 3 heterocycles. The van der Waals surface area contributed by atoms with Crippen LogP contribution in [0, 0.1) is 0 Å². The first-order chi connectivity index (χ1) is 19.0. The first kappa shape index (κ1) is 25.1. The van der Waals surface area contributed by atoms with Crippen molar-refractivity contribution in [3.63, 3.8) is 0 Å². The van der Waals surface area contributed by atoms with Gasteiger partial charge in [-0.3, -0.25) is 4.79 Å². The van der Waals surface area contributed by atoms with E-state index in [1.165, 1.54) is 23.0 Å². The highest BCUT2D eigenvalue weighted by Gasteiger charge is 2.20. The van der Waals surface area contributed by atoms with Crippen molar-refractivity contribution in [1.82, 2.24) is 19.4 Å². The molecule has 1 aliphatic carbocycles. The van der Waals surface area contributed by atoms with Crippen molar-refractivity contribution < 1.29 is 9.53 Å². The Hall–Kier alpha value is -4.24. The predicted molar refractivity (Wildman–Crippen MR) is 153 cm³/mol. The van der Waals surface area contributed by atoms with E-state index in [4.69, 9.17) is 9.72 Å². The van der Waals surface area contributed by atoms with Crippen LogP contribution in [0.4, 0.5) is 17.3 Å². The summed E-state index contributed by atoms with van der Waals surface area (Å²) in [6.45, 7) is 6.01. The van der Waals surface area contributed by atoms with Crippen molar-refractivity contribution >= 4 is 34.3 Å². The maximum atomic E-state index is 13.3. The highest BCUT2D eigenvalue weighted by Crippen LogP contribution is 2.27. The highest BCUT2D eigenvalue weighted by atomic mass is 16.5. The third-order valence-corrected chi connectivity index (χ3v) is 7.59. The number of aryl methyl sites for hydroxylation is 2. The molecular formula is C30H32N6O3. The lowest BCUT2D eigenvalue weighted by Gasteiger charge is -2.34. The van der Waals surface area contributed by atoms with Crippen molar-refractivity contribution in [3.8, 4) is 5.69 Å². The van der Waals surface area contributed by atoms with E-state index in [2.05, 4.69) is 51.4 Å². The number of carbonyl (C=O) groups is 1. The summed E-state index contributed by atoms with van der Waals surface area (Å²) in [5, 5.41) is 3.54. The van der Waals surface area contributed by atoms with Crippen LogP contribution < -0.4 is 15.6 Å². The summed E-state index contributed by atoms with van der Waals surface area (Å²) < 4.78 is 6.97. The van der Waals surface area contributed by atoms with E-state index in [-0.39, 0.29) is 17.6 Å². The lowest BCUT2D eigenvalue weighted by atomic mass is 10.1. The normalized spacial score (nSPS) is 15.4. The zero-order valence-electron chi connectivity index (χ0n) is 22.3. The smallest absolute Gasteiger partial charge is 0.343 e. The zero-order chi connectivity index (χ0) is 26.9. The van der Waals surface area contributed by atoms with Gasteiger partial charge in [0.05, 0.1) is 12.0 Å². The van der Waals surface area contributed by atoms with Gasteiger partial charge in [0.1, 0.15) is 5.56 Å². The minimum atomic E-state index is -0.651. The standard InChI is InChI=1S/C30H32N6O3/c1-3-39-29(38)26-19-36(24-10-7-20-5-4-6-21(20)17-24)28-25(27(26)37)18-31-30(33-28)32-22-8-11-23(12-9-22)35-15-13-34(2)14-16-35/h7-12,17-19H,3-6,13-16H2,1-2H3,(H,31,32,33). The molecule has 0 saturated carbocycles. The molecule has 1 N–H and O–H groups in total. The van der Waals surface area contributed by atoms with Crippen LogP contribution in [0.25, 0.3) is 16.7 Å². The number of esters is 1. The van der Waals surface area contributed by atoms with Crippen molar-refractivity contribution in [2.45, 2.75) is 26.2 Å². The fourth-order valence-electron chi connectivity index (χ4n) is 5.38. The van der Waals surface area contributed by atoms with Gasteiger partial charge in [-0.25, -0.2) is 9.78 Å². The van der Waals surface area contributed by atoms with Crippen LogP contribution in [0.1, 0.15) is 34.8 Å². The zero-order valence-corrected chi connectivity index (χ0v) is 22.3. The van der Waals surface area contributed by atoms with E-state index in [0.717, 1.165) is 56.8 Å². The number of piperazine rings is 1. The number of fused-ring (bicyclic) bond motifs is 2. The molecular weight excluding hydrogens is 492 g/mol. The van der Waals surface area contributed by atoms with Gasteiger partial charge in [0.25, 0.3) is 0 Å². The van der Waals surface area contributed by atoms with Crippen molar-refractivity contribution in [2.75, 3.05) is 50.1 Å². The second kappa shape index (κ2) is 10.5. The van der Waals surface area contributed by atoms with Crippen LogP contribution in [0.15, 0.2) is 59.7 Å². The number of rotatable bonds is 6. The molecule has 0 radical (unpaired) electrons. The van der Waals surface area contributed by atoms with Crippen LogP contribution in [-0.4, -0.2) is 65.2 Å². The molecule has 2 aromatic heterocycles. The lowest BCUT2D eigenvalue weighted by molar-refractivity contribution is 0.0524. The third kappa shape index (κ3) is 4.97. The SMILES string of the molecule is CCOC(=O)c1cn(-c2ccc3c(c2)CCC3)c2nc(Nc3ccc(N4CCN(C)CC4)cc3)ncc2c1=O. The van der Waals surface area contributed by atoms with Gasteiger partial charge in [-0.1, -0.05) is 6.07 Å². The van der Waals surface area contributed by atoms with Gasteiger partial charge < -0.3 is 24.4 Å². The molecule has 200 valence electrons. The molecule has 9 heteroatoms. The van der Waals surface area contributed by atoms with Crippen LogP contribution in [0.5, 0.6) is 0 Å². The van der Waals surface area contributed by atoms with E-state index in [1.807, 2.05) is 18.2 Å². The number of nitrogens with zero attached hydrogens (tertiary/aromatic N) is 5. The molecule has 0 spiro atoms. The summed E-state index contributed by atoms with van der Waals surface area (Å²) in [6.07, 6.45) is 6.23. The van der Waals surface area contributed by atoms with Gasteiger partial charge in [0.2, 0.25) is 11.4 Å². The number of anilines is 3. The summed E-state index contributed by atoms with van der Waals surface area (Å²) in [7, 11) is 2.15. The molecule has 2 aromatic carbocycles. The molecule has 2 aliphatic rings.